The van der Waals surface area contributed by atoms with E-state index >= 15 is 0 Å². The van der Waals surface area contributed by atoms with E-state index in [9.17, 15) is 30.6 Å². The Kier molecular flexibility index (Phi) is 10.6. The number of aliphatic hydroxyl groups excluding tert-OH is 6. The van der Waals surface area contributed by atoms with Crippen LogP contribution >= 0.6 is 0 Å². The number of aliphatic hydroxyl groups is 6. The van der Waals surface area contributed by atoms with Crippen LogP contribution < -0.4 is 0 Å². The third kappa shape index (κ3) is 6.47. The van der Waals surface area contributed by atoms with E-state index in [-0.39, 0.29) is 12.5 Å². The summed E-state index contributed by atoms with van der Waals surface area (Å²) in [6, 6.07) is 0. The molecule has 3 aliphatic heterocycles. The summed E-state index contributed by atoms with van der Waals surface area (Å²) in [5.41, 5.74) is 0. The molecule has 37 heavy (non-hydrogen) atoms. The molecule has 0 aromatic rings. The summed E-state index contributed by atoms with van der Waals surface area (Å²) in [6.07, 6.45) is -7.93. The summed E-state index contributed by atoms with van der Waals surface area (Å²) < 4.78 is 36.4. The van der Waals surface area contributed by atoms with Gasteiger partial charge in [0.25, 0.3) is 0 Å². The molecule has 0 spiro atoms. The van der Waals surface area contributed by atoms with Crippen molar-refractivity contribution in [1.29, 1.82) is 0 Å². The summed E-state index contributed by atoms with van der Waals surface area (Å²) in [7, 11) is 0. The lowest BCUT2D eigenvalue weighted by Gasteiger charge is -2.48. The fraction of sp³-hybridized carbons (Fsp3) is 1.00. The Hall–Kier alpha value is -0.480. The molecule has 0 aromatic heterocycles. The van der Waals surface area contributed by atoms with Gasteiger partial charge in [-0.3, -0.25) is 0 Å². The molecule has 0 amide bonds. The number of ether oxygens (including phenoxy) is 6. The van der Waals surface area contributed by atoms with Crippen LogP contribution in [0.3, 0.4) is 0 Å². The van der Waals surface area contributed by atoms with Crippen LogP contribution in [0.4, 0.5) is 0 Å². The average Bonchev–Trinajstić information content (AvgIpc) is 2.88. The van der Waals surface area contributed by atoms with Gasteiger partial charge >= 0.3 is 0 Å². The highest BCUT2D eigenvalue weighted by molar-refractivity contribution is 4.95. The molecular weight excluding hydrogens is 492 g/mol. The maximum atomic E-state index is 10.8. The van der Waals surface area contributed by atoms with Crippen molar-refractivity contribution >= 4 is 0 Å². The standard InChI is InChI=1S/C25H44O12/c1-3-13-6-4-8-15(21(13)37-24-20(31)19(30)17(28)12(2)33-24)35-25-23-22(18(29)16(11-27)36-25)34-14(10-26)7-5-9-32-23/h12-31H,3-11H2,1-2H3. The number of hydrogen-bond donors (Lipinski definition) is 6. The topological polar surface area (TPSA) is 177 Å². The fourth-order valence-electron chi connectivity index (χ4n) is 5.88. The van der Waals surface area contributed by atoms with Crippen molar-refractivity contribution in [2.45, 2.75) is 132 Å². The van der Waals surface area contributed by atoms with Crippen LogP contribution in [0.25, 0.3) is 0 Å². The van der Waals surface area contributed by atoms with Crippen molar-refractivity contribution in [3.63, 3.8) is 0 Å². The molecule has 3 saturated heterocycles. The lowest BCUT2D eigenvalue weighted by Crippen LogP contribution is -2.63. The van der Waals surface area contributed by atoms with Gasteiger partial charge in [-0.05, 0) is 38.5 Å². The molecule has 12 heteroatoms. The van der Waals surface area contributed by atoms with Gasteiger partial charge in [0.1, 0.15) is 42.7 Å². The Labute approximate surface area is 217 Å². The van der Waals surface area contributed by atoms with E-state index in [2.05, 4.69) is 0 Å². The van der Waals surface area contributed by atoms with E-state index in [1.807, 2.05) is 6.92 Å². The Morgan fingerprint density at radius 2 is 1.54 bits per heavy atom. The van der Waals surface area contributed by atoms with Gasteiger partial charge in [-0.25, -0.2) is 0 Å². The first-order valence-electron chi connectivity index (χ1n) is 13.6. The van der Waals surface area contributed by atoms with Gasteiger partial charge < -0.3 is 59.1 Å². The normalized spacial score (nSPS) is 49.6. The molecule has 4 fully saturated rings. The first kappa shape index (κ1) is 29.5. The van der Waals surface area contributed by atoms with Gasteiger partial charge in [-0.1, -0.05) is 19.8 Å². The van der Waals surface area contributed by atoms with Gasteiger partial charge in [-0.2, -0.15) is 0 Å². The minimum Gasteiger partial charge on any atom is -0.394 e. The highest BCUT2D eigenvalue weighted by Gasteiger charge is 2.51. The predicted octanol–water partition coefficient (Wildman–Crippen LogP) is -1.20. The van der Waals surface area contributed by atoms with Crippen LogP contribution in [-0.2, 0) is 28.4 Å². The van der Waals surface area contributed by atoms with Gasteiger partial charge in [-0.15, -0.1) is 0 Å². The van der Waals surface area contributed by atoms with Crippen molar-refractivity contribution in [3.8, 4) is 0 Å². The van der Waals surface area contributed by atoms with E-state index in [0.29, 0.717) is 25.9 Å². The fourth-order valence-corrected chi connectivity index (χ4v) is 5.88. The summed E-state index contributed by atoms with van der Waals surface area (Å²) in [5, 5.41) is 61.3. The molecule has 0 aromatic carbocycles. The van der Waals surface area contributed by atoms with Crippen molar-refractivity contribution in [3.05, 3.63) is 0 Å². The van der Waals surface area contributed by atoms with E-state index in [4.69, 9.17) is 28.4 Å². The molecule has 6 N–H and O–H groups in total. The molecule has 14 unspecified atom stereocenters. The molecule has 14 atom stereocenters. The van der Waals surface area contributed by atoms with Crippen molar-refractivity contribution < 1.29 is 59.1 Å². The molecule has 4 rings (SSSR count). The molecule has 1 aliphatic carbocycles. The first-order valence-corrected chi connectivity index (χ1v) is 13.6. The lowest BCUT2D eigenvalue weighted by molar-refractivity contribution is -0.356. The maximum Gasteiger partial charge on any atom is 0.187 e. The van der Waals surface area contributed by atoms with Crippen molar-refractivity contribution in [1.82, 2.24) is 0 Å². The zero-order valence-electron chi connectivity index (χ0n) is 21.6. The second-order valence-electron chi connectivity index (χ2n) is 10.7. The summed E-state index contributed by atoms with van der Waals surface area (Å²) in [4.78, 5) is 0. The van der Waals surface area contributed by atoms with Crippen LogP contribution in [0.5, 0.6) is 0 Å². The molecule has 1 saturated carbocycles. The van der Waals surface area contributed by atoms with Crippen molar-refractivity contribution in [2.75, 3.05) is 19.8 Å². The van der Waals surface area contributed by atoms with E-state index in [1.165, 1.54) is 0 Å². The first-order chi connectivity index (χ1) is 17.8. The van der Waals surface area contributed by atoms with Crippen LogP contribution in [0, 0.1) is 5.92 Å². The lowest BCUT2D eigenvalue weighted by atomic mass is 9.82. The summed E-state index contributed by atoms with van der Waals surface area (Å²) in [5.74, 6) is 0.0701. The smallest absolute Gasteiger partial charge is 0.187 e. The van der Waals surface area contributed by atoms with Crippen molar-refractivity contribution in [2.24, 2.45) is 5.92 Å². The zero-order valence-corrected chi connectivity index (χ0v) is 21.6. The van der Waals surface area contributed by atoms with Gasteiger partial charge in [0.05, 0.1) is 37.6 Å². The average molecular weight is 537 g/mol. The number of hydrogen-bond acceptors (Lipinski definition) is 12. The number of fused-ring (bicyclic) bond motifs is 1. The zero-order chi connectivity index (χ0) is 26.7. The highest BCUT2D eigenvalue weighted by Crippen LogP contribution is 2.37. The Morgan fingerprint density at radius 3 is 2.24 bits per heavy atom. The Morgan fingerprint density at radius 1 is 0.757 bits per heavy atom. The Balaban J connectivity index is 1.53. The van der Waals surface area contributed by atoms with Crippen LogP contribution in [-0.4, -0.2) is 130 Å². The monoisotopic (exact) mass is 536 g/mol. The Bertz CT molecular complexity index is 699. The van der Waals surface area contributed by atoms with E-state index in [0.717, 1.165) is 19.3 Å². The van der Waals surface area contributed by atoms with Crippen LogP contribution in [0.1, 0.15) is 52.4 Å². The highest BCUT2D eigenvalue weighted by atomic mass is 16.7. The second kappa shape index (κ2) is 13.2. The molecule has 216 valence electrons. The molecule has 0 bridgehead atoms. The summed E-state index contributed by atoms with van der Waals surface area (Å²) >= 11 is 0. The minimum atomic E-state index is -1.44. The SMILES string of the molecule is CCC1CCCC(OC2OC(CO)C(O)C3OC(CO)CCCOC23)C1OC1OC(C)C(O)C(O)C1O. The molecule has 4 aliphatic rings. The quantitative estimate of drug-likeness (QED) is 0.229. The third-order valence-corrected chi connectivity index (χ3v) is 8.16. The van der Waals surface area contributed by atoms with E-state index in [1.54, 1.807) is 6.92 Å². The van der Waals surface area contributed by atoms with Crippen LogP contribution in [0.2, 0.25) is 0 Å². The number of rotatable bonds is 7. The largest absolute Gasteiger partial charge is 0.394 e. The minimum absolute atomic E-state index is 0.0701. The second-order valence-corrected chi connectivity index (χ2v) is 10.7. The third-order valence-electron chi connectivity index (χ3n) is 8.16. The molecule has 3 heterocycles. The van der Waals surface area contributed by atoms with Crippen LogP contribution in [0.15, 0.2) is 0 Å². The maximum absolute atomic E-state index is 10.8. The molecule has 0 radical (unpaired) electrons. The van der Waals surface area contributed by atoms with E-state index < -0.39 is 86.3 Å². The molecular formula is C25H44O12. The predicted molar refractivity (Wildman–Crippen MR) is 126 cm³/mol. The van der Waals surface area contributed by atoms with Gasteiger partial charge in [0, 0.05) is 6.61 Å². The van der Waals surface area contributed by atoms with Gasteiger partial charge in [0.2, 0.25) is 0 Å². The molecule has 12 nitrogen and oxygen atoms in total. The van der Waals surface area contributed by atoms with Gasteiger partial charge in [0.15, 0.2) is 12.6 Å². The summed E-state index contributed by atoms with van der Waals surface area (Å²) in [6.45, 7) is 3.34.